The highest BCUT2D eigenvalue weighted by molar-refractivity contribution is 7.15. The number of hydrogen-bond donors (Lipinski definition) is 1. The molecule has 1 aliphatic heterocycles. The van der Waals surface area contributed by atoms with Crippen LogP contribution in [0.4, 0.5) is 5.13 Å². The van der Waals surface area contributed by atoms with Crippen LogP contribution in [0, 0.1) is 0 Å². The number of nitrogens with two attached hydrogens (primary N) is 1. The zero-order valence-electron chi connectivity index (χ0n) is 9.42. The summed E-state index contributed by atoms with van der Waals surface area (Å²) < 4.78 is 10.7. The number of nitrogen functional groups attached to an aromatic ring is 1. The molecule has 0 saturated carbocycles. The summed E-state index contributed by atoms with van der Waals surface area (Å²) in [6.45, 7) is 2.47. The molecule has 6 nitrogen and oxygen atoms in total. The zero-order valence-corrected chi connectivity index (χ0v) is 10.2. The number of hydrogen-bond acceptors (Lipinski definition) is 7. The fourth-order valence-corrected chi connectivity index (χ4v) is 2.57. The normalized spacial score (nSPS) is 26.4. The van der Waals surface area contributed by atoms with Crippen molar-refractivity contribution in [2.45, 2.75) is 18.8 Å². The summed E-state index contributed by atoms with van der Waals surface area (Å²) in [6.07, 6.45) is 0.269. The van der Waals surface area contributed by atoms with Crippen molar-refractivity contribution < 1.29 is 9.47 Å². The fourth-order valence-electron chi connectivity index (χ4n) is 1.92. The molecule has 0 aromatic carbocycles. The van der Waals surface area contributed by atoms with Crippen molar-refractivity contribution >= 4 is 16.5 Å². The van der Waals surface area contributed by atoms with E-state index in [1.807, 2.05) is 0 Å². The van der Waals surface area contributed by atoms with Gasteiger partial charge in [-0.05, 0) is 0 Å². The molecule has 0 bridgehead atoms. The summed E-state index contributed by atoms with van der Waals surface area (Å²) in [5, 5.41) is 9.24. The second kappa shape index (κ2) is 5.05. The molecule has 1 aromatic heterocycles. The molecule has 90 valence electrons. The average molecular weight is 244 g/mol. The van der Waals surface area contributed by atoms with Gasteiger partial charge in [0.05, 0.1) is 18.8 Å². The predicted octanol–water partition coefficient (Wildman–Crippen LogP) is -0.0341. The second-order valence-electron chi connectivity index (χ2n) is 3.78. The zero-order chi connectivity index (χ0) is 11.5. The lowest BCUT2D eigenvalue weighted by Gasteiger charge is -2.13. The quantitative estimate of drug-likeness (QED) is 0.801. The molecule has 2 rings (SSSR count). The van der Waals surface area contributed by atoms with Gasteiger partial charge < -0.3 is 15.2 Å². The van der Waals surface area contributed by atoms with Gasteiger partial charge in [-0.15, -0.1) is 10.2 Å². The van der Waals surface area contributed by atoms with Gasteiger partial charge in [0.25, 0.3) is 0 Å². The molecule has 1 saturated heterocycles. The molecule has 7 heteroatoms. The largest absolute Gasteiger partial charge is 0.377 e. The maximum atomic E-state index is 5.54. The maximum absolute atomic E-state index is 5.54. The molecule has 0 spiro atoms. The van der Waals surface area contributed by atoms with Crippen LogP contribution in [0.25, 0.3) is 0 Å². The summed E-state index contributed by atoms with van der Waals surface area (Å²) in [4.78, 5) is 2.24. The van der Waals surface area contributed by atoms with Gasteiger partial charge in [-0.3, -0.25) is 4.90 Å². The van der Waals surface area contributed by atoms with Gasteiger partial charge in [0.1, 0.15) is 5.01 Å². The molecule has 1 fully saturated rings. The van der Waals surface area contributed by atoms with Crippen LogP contribution in [0.15, 0.2) is 0 Å². The fraction of sp³-hybridized carbons (Fsp3) is 0.778. The summed E-state index contributed by atoms with van der Waals surface area (Å²) in [6, 6.07) is 0. The molecule has 16 heavy (non-hydrogen) atoms. The number of nitrogens with zero attached hydrogens (tertiary/aromatic N) is 3. The van der Waals surface area contributed by atoms with Gasteiger partial charge in [-0.1, -0.05) is 11.3 Å². The van der Waals surface area contributed by atoms with Crippen molar-refractivity contribution in [3.63, 3.8) is 0 Å². The predicted molar refractivity (Wildman–Crippen MR) is 61.2 cm³/mol. The highest BCUT2D eigenvalue weighted by Crippen LogP contribution is 2.20. The molecule has 0 amide bonds. The monoisotopic (exact) mass is 244 g/mol. The molecule has 2 atom stereocenters. The first-order valence-corrected chi connectivity index (χ1v) is 5.90. The van der Waals surface area contributed by atoms with E-state index in [9.17, 15) is 0 Å². The van der Waals surface area contributed by atoms with Crippen LogP contribution in [-0.4, -0.2) is 54.6 Å². The van der Waals surface area contributed by atoms with Gasteiger partial charge in [0, 0.05) is 27.3 Å². The van der Waals surface area contributed by atoms with Gasteiger partial charge in [-0.2, -0.15) is 0 Å². The van der Waals surface area contributed by atoms with Crippen LogP contribution in [-0.2, 0) is 16.0 Å². The Morgan fingerprint density at radius 2 is 1.94 bits per heavy atom. The number of ether oxygens (including phenoxy) is 2. The number of rotatable bonds is 4. The van der Waals surface area contributed by atoms with Crippen molar-refractivity contribution in [1.29, 1.82) is 0 Å². The Balaban J connectivity index is 1.92. The number of anilines is 1. The van der Waals surface area contributed by atoms with E-state index < -0.39 is 0 Å². The minimum Gasteiger partial charge on any atom is -0.377 e. The highest BCUT2D eigenvalue weighted by atomic mass is 32.1. The smallest absolute Gasteiger partial charge is 0.203 e. The van der Waals surface area contributed by atoms with Crippen molar-refractivity contribution in [2.75, 3.05) is 33.0 Å². The Morgan fingerprint density at radius 3 is 2.38 bits per heavy atom. The SMILES string of the molecule is COC1CN(Cc2nnc(N)s2)CC1OC. The molecular weight excluding hydrogens is 228 g/mol. The van der Waals surface area contributed by atoms with Gasteiger partial charge in [-0.25, -0.2) is 0 Å². The number of aromatic nitrogens is 2. The number of methoxy groups -OCH3 is 2. The van der Waals surface area contributed by atoms with Crippen LogP contribution < -0.4 is 5.73 Å². The Morgan fingerprint density at radius 1 is 1.31 bits per heavy atom. The minimum absolute atomic E-state index is 0.135. The van der Waals surface area contributed by atoms with E-state index >= 15 is 0 Å². The Kier molecular flexibility index (Phi) is 3.70. The van der Waals surface area contributed by atoms with Crippen molar-refractivity contribution in [3.8, 4) is 0 Å². The van der Waals surface area contributed by atoms with Gasteiger partial charge >= 0.3 is 0 Å². The van der Waals surface area contributed by atoms with E-state index in [0.29, 0.717) is 5.13 Å². The van der Waals surface area contributed by atoms with Crippen LogP contribution in [0.2, 0.25) is 0 Å². The number of likely N-dealkylation sites (tertiary alicyclic amines) is 1. The second-order valence-corrected chi connectivity index (χ2v) is 4.87. The molecule has 2 heterocycles. The molecular formula is C9H16N4O2S. The molecule has 1 aromatic rings. The van der Waals surface area contributed by atoms with E-state index in [2.05, 4.69) is 15.1 Å². The van der Waals surface area contributed by atoms with Crippen molar-refractivity contribution in [2.24, 2.45) is 0 Å². The van der Waals surface area contributed by atoms with Gasteiger partial charge in [0.2, 0.25) is 5.13 Å². The third kappa shape index (κ3) is 2.49. The first-order chi connectivity index (χ1) is 7.72. The Hall–Kier alpha value is -0.760. The Labute approximate surface area is 98.4 Å². The van der Waals surface area contributed by atoms with E-state index in [1.54, 1.807) is 14.2 Å². The maximum Gasteiger partial charge on any atom is 0.203 e. The topological polar surface area (TPSA) is 73.5 Å². The average Bonchev–Trinajstić information content (AvgIpc) is 2.85. The lowest BCUT2D eigenvalue weighted by atomic mass is 10.3. The summed E-state index contributed by atoms with van der Waals surface area (Å²) in [5.74, 6) is 0. The van der Waals surface area contributed by atoms with Crippen LogP contribution >= 0.6 is 11.3 Å². The first-order valence-electron chi connectivity index (χ1n) is 5.08. The highest BCUT2D eigenvalue weighted by Gasteiger charge is 2.33. The van der Waals surface area contributed by atoms with Crippen LogP contribution in [0.5, 0.6) is 0 Å². The minimum atomic E-state index is 0.135. The third-order valence-corrected chi connectivity index (χ3v) is 3.47. The summed E-state index contributed by atoms with van der Waals surface area (Å²) in [5.41, 5.74) is 5.54. The molecule has 1 aliphatic rings. The molecule has 0 radical (unpaired) electrons. The standard InChI is InChI=1S/C9H16N4O2S/c1-14-6-3-13(4-7(6)15-2)5-8-11-12-9(10)16-8/h6-7H,3-5H2,1-2H3,(H2,10,12). The van der Waals surface area contributed by atoms with Crippen molar-refractivity contribution in [3.05, 3.63) is 5.01 Å². The van der Waals surface area contributed by atoms with Crippen LogP contribution in [0.1, 0.15) is 5.01 Å². The summed E-state index contributed by atoms with van der Waals surface area (Å²) >= 11 is 1.42. The summed E-state index contributed by atoms with van der Waals surface area (Å²) in [7, 11) is 3.42. The van der Waals surface area contributed by atoms with E-state index in [0.717, 1.165) is 24.6 Å². The molecule has 2 N–H and O–H groups in total. The van der Waals surface area contributed by atoms with E-state index in [4.69, 9.17) is 15.2 Å². The molecule has 0 aliphatic carbocycles. The molecule has 2 unspecified atom stereocenters. The van der Waals surface area contributed by atoms with E-state index in [-0.39, 0.29) is 12.2 Å². The Bertz CT molecular complexity index is 334. The van der Waals surface area contributed by atoms with Crippen molar-refractivity contribution in [1.82, 2.24) is 15.1 Å². The third-order valence-electron chi connectivity index (χ3n) is 2.74. The van der Waals surface area contributed by atoms with Gasteiger partial charge in [0.15, 0.2) is 0 Å². The first kappa shape index (κ1) is 11.7. The lowest BCUT2D eigenvalue weighted by Crippen LogP contribution is -2.27. The lowest BCUT2D eigenvalue weighted by molar-refractivity contribution is -0.00461. The van der Waals surface area contributed by atoms with Crippen LogP contribution in [0.3, 0.4) is 0 Å². The van der Waals surface area contributed by atoms with E-state index in [1.165, 1.54) is 11.3 Å².